The standard InChI is InChI=1S/C16H17N5O2/c1-10-12-5-6-17-9-13(12)21(20-10)15-18-7-11(8-19-15)14(22)23-16(2,3)4/h5-9H,1-4H3. The van der Waals surface area contributed by atoms with Gasteiger partial charge in [0.2, 0.25) is 0 Å². The van der Waals surface area contributed by atoms with E-state index < -0.39 is 11.6 Å². The number of aromatic nitrogens is 5. The molecule has 0 unspecified atom stereocenters. The molecule has 3 rings (SSSR count). The summed E-state index contributed by atoms with van der Waals surface area (Å²) < 4.78 is 6.90. The topological polar surface area (TPSA) is 82.8 Å². The van der Waals surface area contributed by atoms with Crippen LogP contribution >= 0.6 is 0 Å². The second-order valence-corrected chi connectivity index (χ2v) is 6.16. The molecule has 7 nitrogen and oxygen atoms in total. The van der Waals surface area contributed by atoms with Gasteiger partial charge in [0.1, 0.15) is 5.60 Å². The highest BCUT2D eigenvalue weighted by Crippen LogP contribution is 2.19. The van der Waals surface area contributed by atoms with Gasteiger partial charge in [-0.3, -0.25) is 4.98 Å². The molecule has 3 aromatic rings. The number of ether oxygens (including phenoxy) is 1. The van der Waals surface area contributed by atoms with E-state index in [1.54, 1.807) is 17.1 Å². The summed E-state index contributed by atoms with van der Waals surface area (Å²) in [5, 5.41) is 5.42. The molecule has 0 fully saturated rings. The first-order valence-electron chi connectivity index (χ1n) is 7.20. The maximum absolute atomic E-state index is 12.0. The summed E-state index contributed by atoms with van der Waals surface area (Å²) in [7, 11) is 0. The summed E-state index contributed by atoms with van der Waals surface area (Å²) in [6.45, 7) is 7.34. The number of hydrogen-bond acceptors (Lipinski definition) is 6. The second kappa shape index (κ2) is 5.42. The number of hydrogen-bond donors (Lipinski definition) is 0. The van der Waals surface area contributed by atoms with E-state index in [0.717, 1.165) is 16.6 Å². The Balaban J connectivity index is 1.94. The molecule has 0 saturated carbocycles. The van der Waals surface area contributed by atoms with Gasteiger partial charge in [-0.25, -0.2) is 14.8 Å². The molecule has 0 N–H and O–H groups in total. The molecule has 118 valence electrons. The van der Waals surface area contributed by atoms with Crippen LogP contribution in [0.4, 0.5) is 0 Å². The van der Waals surface area contributed by atoms with Crippen molar-refractivity contribution in [3.63, 3.8) is 0 Å². The number of aryl methyl sites for hydroxylation is 1. The van der Waals surface area contributed by atoms with Crippen LogP contribution in [0, 0.1) is 6.92 Å². The van der Waals surface area contributed by atoms with Crippen LogP contribution in [0.5, 0.6) is 0 Å². The number of esters is 1. The lowest BCUT2D eigenvalue weighted by Crippen LogP contribution is -2.24. The molecule has 0 bridgehead atoms. The van der Waals surface area contributed by atoms with Gasteiger partial charge in [-0.1, -0.05) is 0 Å². The minimum Gasteiger partial charge on any atom is -0.456 e. The molecule has 0 aliphatic heterocycles. The Labute approximate surface area is 133 Å². The van der Waals surface area contributed by atoms with E-state index in [2.05, 4.69) is 20.1 Å². The smallest absolute Gasteiger partial charge is 0.341 e. The van der Waals surface area contributed by atoms with Crippen LogP contribution in [0.15, 0.2) is 30.9 Å². The SMILES string of the molecule is Cc1nn(-c2ncc(C(=O)OC(C)(C)C)cn2)c2cnccc12. The van der Waals surface area contributed by atoms with Crippen molar-refractivity contribution in [1.82, 2.24) is 24.7 Å². The third-order valence-electron chi connectivity index (χ3n) is 3.13. The zero-order valence-corrected chi connectivity index (χ0v) is 13.4. The lowest BCUT2D eigenvalue weighted by molar-refractivity contribution is 0.00686. The van der Waals surface area contributed by atoms with Gasteiger partial charge in [-0.2, -0.15) is 9.78 Å². The summed E-state index contributed by atoms with van der Waals surface area (Å²) in [6.07, 6.45) is 6.31. The minimum absolute atomic E-state index is 0.301. The fourth-order valence-electron chi connectivity index (χ4n) is 2.14. The average molecular weight is 311 g/mol. The number of fused-ring (bicyclic) bond motifs is 1. The maximum atomic E-state index is 12.0. The fraction of sp³-hybridized carbons (Fsp3) is 0.312. The summed E-state index contributed by atoms with van der Waals surface area (Å²) in [6, 6.07) is 1.89. The molecule has 0 amide bonds. The van der Waals surface area contributed by atoms with E-state index in [1.165, 1.54) is 12.4 Å². The van der Waals surface area contributed by atoms with Gasteiger partial charge in [0.15, 0.2) is 0 Å². The summed E-state index contributed by atoms with van der Waals surface area (Å²) in [5.41, 5.74) is 1.42. The molecule has 0 aromatic carbocycles. The molecule has 0 spiro atoms. The molecule has 3 heterocycles. The zero-order chi connectivity index (χ0) is 16.6. The molecular weight excluding hydrogens is 294 g/mol. The van der Waals surface area contributed by atoms with Crippen molar-refractivity contribution in [2.24, 2.45) is 0 Å². The monoisotopic (exact) mass is 311 g/mol. The first-order valence-corrected chi connectivity index (χ1v) is 7.20. The molecule has 0 aliphatic rings. The third-order valence-corrected chi connectivity index (χ3v) is 3.13. The lowest BCUT2D eigenvalue weighted by atomic mass is 10.2. The Morgan fingerprint density at radius 3 is 2.52 bits per heavy atom. The quantitative estimate of drug-likeness (QED) is 0.676. The van der Waals surface area contributed by atoms with Crippen molar-refractivity contribution < 1.29 is 9.53 Å². The second-order valence-electron chi connectivity index (χ2n) is 6.16. The van der Waals surface area contributed by atoms with Gasteiger partial charge in [-0.15, -0.1) is 0 Å². The molecule has 23 heavy (non-hydrogen) atoms. The predicted octanol–water partition coefficient (Wildman–Crippen LogP) is 2.47. The number of carbonyl (C=O) groups excluding carboxylic acids is 1. The highest BCUT2D eigenvalue weighted by atomic mass is 16.6. The van der Waals surface area contributed by atoms with Crippen LogP contribution in [0.25, 0.3) is 16.9 Å². The molecule has 3 aromatic heterocycles. The minimum atomic E-state index is -0.559. The molecule has 0 radical (unpaired) electrons. The number of nitrogens with zero attached hydrogens (tertiary/aromatic N) is 5. The molecule has 0 aliphatic carbocycles. The Hall–Kier alpha value is -2.83. The Morgan fingerprint density at radius 2 is 1.87 bits per heavy atom. The van der Waals surface area contributed by atoms with Crippen LogP contribution in [0.2, 0.25) is 0 Å². The van der Waals surface area contributed by atoms with E-state index in [9.17, 15) is 4.79 Å². The summed E-state index contributed by atoms with van der Waals surface area (Å²) in [5.74, 6) is -0.0735. The predicted molar refractivity (Wildman–Crippen MR) is 84.4 cm³/mol. The molecule has 7 heteroatoms. The van der Waals surface area contributed by atoms with Crippen LogP contribution in [-0.4, -0.2) is 36.3 Å². The molecule has 0 saturated heterocycles. The van der Waals surface area contributed by atoms with Crippen LogP contribution < -0.4 is 0 Å². The van der Waals surface area contributed by atoms with Gasteiger partial charge >= 0.3 is 5.97 Å². The van der Waals surface area contributed by atoms with Gasteiger partial charge in [0.25, 0.3) is 5.95 Å². The summed E-state index contributed by atoms with van der Waals surface area (Å²) in [4.78, 5) is 24.5. The van der Waals surface area contributed by atoms with Crippen LogP contribution in [0.3, 0.4) is 0 Å². The van der Waals surface area contributed by atoms with Crippen molar-refractivity contribution in [3.8, 4) is 5.95 Å². The average Bonchev–Trinajstić information content (AvgIpc) is 2.83. The molecular formula is C16H17N5O2. The first-order chi connectivity index (χ1) is 10.8. The Morgan fingerprint density at radius 1 is 1.17 bits per heavy atom. The highest BCUT2D eigenvalue weighted by molar-refractivity contribution is 5.89. The van der Waals surface area contributed by atoms with Gasteiger partial charge < -0.3 is 4.74 Å². The number of carbonyl (C=O) groups is 1. The largest absolute Gasteiger partial charge is 0.456 e. The van der Waals surface area contributed by atoms with E-state index >= 15 is 0 Å². The third kappa shape index (κ3) is 3.03. The van der Waals surface area contributed by atoms with Crippen LogP contribution in [0.1, 0.15) is 36.8 Å². The van der Waals surface area contributed by atoms with Crippen molar-refractivity contribution >= 4 is 16.9 Å². The number of rotatable bonds is 2. The Kier molecular flexibility index (Phi) is 3.55. The summed E-state index contributed by atoms with van der Waals surface area (Å²) >= 11 is 0. The van der Waals surface area contributed by atoms with Gasteiger partial charge in [0.05, 0.1) is 23.0 Å². The van der Waals surface area contributed by atoms with Crippen molar-refractivity contribution in [3.05, 3.63) is 42.1 Å². The van der Waals surface area contributed by atoms with Crippen molar-refractivity contribution in [2.45, 2.75) is 33.3 Å². The van der Waals surface area contributed by atoms with Gasteiger partial charge in [0, 0.05) is 24.0 Å². The Bertz CT molecular complexity index is 862. The number of pyridine rings is 1. The van der Waals surface area contributed by atoms with Crippen molar-refractivity contribution in [2.75, 3.05) is 0 Å². The molecule has 0 atom stereocenters. The van der Waals surface area contributed by atoms with E-state index in [-0.39, 0.29) is 0 Å². The maximum Gasteiger partial charge on any atom is 0.341 e. The fourth-order valence-corrected chi connectivity index (χ4v) is 2.14. The lowest BCUT2D eigenvalue weighted by Gasteiger charge is -2.19. The first kappa shape index (κ1) is 15.1. The van der Waals surface area contributed by atoms with E-state index in [4.69, 9.17) is 4.74 Å². The zero-order valence-electron chi connectivity index (χ0n) is 13.4. The highest BCUT2D eigenvalue weighted by Gasteiger charge is 2.19. The van der Waals surface area contributed by atoms with E-state index in [1.807, 2.05) is 33.8 Å². The van der Waals surface area contributed by atoms with E-state index in [0.29, 0.717) is 11.5 Å². The van der Waals surface area contributed by atoms with Crippen molar-refractivity contribution in [1.29, 1.82) is 0 Å². The normalized spacial score (nSPS) is 11.7. The van der Waals surface area contributed by atoms with Gasteiger partial charge in [-0.05, 0) is 33.8 Å². The van der Waals surface area contributed by atoms with Crippen LogP contribution in [-0.2, 0) is 4.74 Å².